The molecule has 0 radical (unpaired) electrons. The molecule has 1 aromatic heterocycles. The summed E-state index contributed by atoms with van der Waals surface area (Å²) in [4.78, 5) is 10.5. The van der Waals surface area contributed by atoms with E-state index in [9.17, 15) is 9.90 Å². The highest BCUT2D eigenvalue weighted by molar-refractivity contribution is 5.88. The first kappa shape index (κ1) is 9.36. The highest BCUT2D eigenvalue weighted by Crippen LogP contribution is 2.10. The molecule has 0 aromatic carbocycles. The molecule has 1 rings (SSSR count). The number of furan rings is 1. The van der Waals surface area contributed by atoms with Crippen LogP contribution in [0.15, 0.2) is 22.8 Å². The van der Waals surface area contributed by atoms with Gasteiger partial charge in [-0.1, -0.05) is 5.92 Å². The van der Waals surface area contributed by atoms with Gasteiger partial charge >= 0.3 is 5.97 Å². The van der Waals surface area contributed by atoms with Crippen LogP contribution in [0.1, 0.15) is 11.9 Å². The van der Waals surface area contributed by atoms with Crippen LogP contribution in [0.4, 0.5) is 0 Å². The lowest BCUT2D eigenvalue weighted by Crippen LogP contribution is -1.97. The van der Waals surface area contributed by atoms with Gasteiger partial charge in [0.2, 0.25) is 0 Å². The quantitative estimate of drug-likeness (QED) is 0.388. The molecule has 0 aliphatic rings. The fourth-order valence-corrected chi connectivity index (χ4v) is 0.696. The third-order valence-corrected chi connectivity index (χ3v) is 1.31. The molecule has 0 spiro atoms. The molecular formula is C9H8O4. The zero-order chi connectivity index (χ0) is 9.68. The fraction of sp³-hybridized carbons (Fsp3) is 0.222. The van der Waals surface area contributed by atoms with Gasteiger partial charge in [0.15, 0.2) is 6.10 Å². The number of hydrogen-bond acceptors (Lipinski definition) is 4. The molecule has 0 unspecified atom stereocenters. The molecule has 0 fully saturated rings. The minimum atomic E-state index is -1.09. The lowest BCUT2D eigenvalue weighted by molar-refractivity contribution is -0.133. The Morgan fingerprint density at radius 3 is 3.08 bits per heavy atom. The van der Waals surface area contributed by atoms with Gasteiger partial charge in [0, 0.05) is 5.92 Å². The minimum Gasteiger partial charge on any atom is -0.466 e. The van der Waals surface area contributed by atoms with Crippen LogP contribution in [0.3, 0.4) is 0 Å². The zero-order valence-electron chi connectivity index (χ0n) is 6.98. The molecule has 68 valence electrons. The molecule has 0 aliphatic heterocycles. The van der Waals surface area contributed by atoms with E-state index in [1.165, 1.54) is 13.4 Å². The highest BCUT2D eigenvalue weighted by atomic mass is 16.5. The second-order valence-corrected chi connectivity index (χ2v) is 2.18. The summed E-state index contributed by atoms with van der Waals surface area (Å²) < 4.78 is 9.12. The van der Waals surface area contributed by atoms with Gasteiger partial charge in [0.25, 0.3) is 0 Å². The van der Waals surface area contributed by atoms with Crippen molar-refractivity contribution in [2.24, 2.45) is 0 Å². The zero-order valence-corrected chi connectivity index (χ0v) is 6.98. The summed E-state index contributed by atoms with van der Waals surface area (Å²) in [5.41, 5.74) is 0. The van der Waals surface area contributed by atoms with Crippen molar-refractivity contribution < 1.29 is 19.1 Å². The van der Waals surface area contributed by atoms with E-state index in [-0.39, 0.29) is 0 Å². The summed E-state index contributed by atoms with van der Waals surface area (Å²) in [6.45, 7) is 0. The molecule has 0 saturated heterocycles. The lowest BCUT2D eigenvalue weighted by atomic mass is 10.3. The Morgan fingerprint density at radius 2 is 2.54 bits per heavy atom. The van der Waals surface area contributed by atoms with Gasteiger partial charge < -0.3 is 14.3 Å². The molecule has 4 heteroatoms. The molecular weight excluding hydrogens is 172 g/mol. The molecule has 1 atom stereocenters. The fourth-order valence-electron chi connectivity index (χ4n) is 0.696. The van der Waals surface area contributed by atoms with Gasteiger partial charge in [-0.15, -0.1) is 0 Å². The predicted molar refractivity (Wildman–Crippen MR) is 43.5 cm³/mol. The van der Waals surface area contributed by atoms with Crippen LogP contribution in [0.2, 0.25) is 0 Å². The number of hydrogen-bond donors (Lipinski definition) is 1. The molecule has 13 heavy (non-hydrogen) atoms. The van der Waals surface area contributed by atoms with Gasteiger partial charge in [-0.2, -0.15) is 0 Å². The van der Waals surface area contributed by atoms with Crippen molar-refractivity contribution in [2.45, 2.75) is 6.10 Å². The van der Waals surface area contributed by atoms with E-state index in [1.807, 2.05) is 0 Å². The maximum atomic E-state index is 10.5. The second-order valence-electron chi connectivity index (χ2n) is 2.18. The van der Waals surface area contributed by atoms with E-state index < -0.39 is 12.1 Å². The Bertz CT molecular complexity index is 328. The number of carbonyl (C=O) groups excluding carboxylic acids is 1. The number of rotatable bonds is 1. The highest BCUT2D eigenvalue weighted by Gasteiger charge is 2.05. The Balaban J connectivity index is 2.63. The Hall–Kier alpha value is -1.73. The van der Waals surface area contributed by atoms with Crippen molar-refractivity contribution in [1.29, 1.82) is 0 Å². The molecule has 1 aromatic rings. The molecule has 4 nitrogen and oxygen atoms in total. The number of methoxy groups -OCH3 is 1. The van der Waals surface area contributed by atoms with Gasteiger partial charge in [-0.3, -0.25) is 0 Å². The average molecular weight is 180 g/mol. The van der Waals surface area contributed by atoms with Crippen molar-refractivity contribution >= 4 is 5.97 Å². The molecule has 0 aliphatic carbocycles. The first-order chi connectivity index (χ1) is 6.24. The number of ether oxygens (including phenoxy) is 1. The second kappa shape index (κ2) is 4.33. The van der Waals surface area contributed by atoms with E-state index in [1.54, 1.807) is 12.1 Å². The van der Waals surface area contributed by atoms with E-state index in [4.69, 9.17) is 4.42 Å². The van der Waals surface area contributed by atoms with Crippen molar-refractivity contribution in [2.75, 3.05) is 7.11 Å². The number of esters is 1. The largest absolute Gasteiger partial charge is 0.466 e. The monoisotopic (exact) mass is 180 g/mol. The minimum absolute atomic E-state index is 0.302. The molecule has 1 heterocycles. The Labute approximate surface area is 75.1 Å². The molecule has 0 bridgehead atoms. The van der Waals surface area contributed by atoms with Crippen LogP contribution in [0.25, 0.3) is 0 Å². The van der Waals surface area contributed by atoms with Gasteiger partial charge in [0.1, 0.15) is 5.76 Å². The molecule has 0 saturated carbocycles. The predicted octanol–water partition coefficient (Wildman–Crippen LogP) is 0.489. The number of carbonyl (C=O) groups is 1. The first-order valence-electron chi connectivity index (χ1n) is 3.55. The lowest BCUT2D eigenvalue weighted by Gasteiger charge is -1.95. The Kier molecular flexibility index (Phi) is 3.12. The smallest absolute Gasteiger partial charge is 0.384 e. The van der Waals surface area contributed by atoms with Gasteiger partial charge in [-0.05, 0) is 12.1 Å². The summed E-state index contributed by atoms with van der Waals surface area (Å²) in [5, 5.41) is 9.28. The topological polar surface area (TPSA) is 59.7 Å². The van der Waals surface area contributed by atoms with Crippen LogP contribution in [-0.2, 0) is 9.53 Å². The maximum Gasteiger partial charge on any atom is 0.384 e. The van der Waals surface area contributed by atoms with Crippen LogP contribution >= 0.6 is 0 Å². The van der Waals surface area contributed by atoms with Crippen molar-refractivity contribution in [3.63, 3.8) is 0 Å². The number of aliphatic hydroxyl groups is 1. The first-order valence-corrected chi connectivity index (χ1v) is 3.55. The summed E-state index contributed by atoms with van der Waals surface area (Å²) in [6, 6.07) is 3.19. The summed E-state index contributed by atoms with van der Waals surface area (Å²) in [7, 11) is 1.22. The van der Waals surface area contributed by atoms with Crippen molar-refractivity contribution in [1.82, 2.24) is 0 Å². The van der Waals surface area contributed by atoms with E-state index in [2.05, 4.69) is 16.6 Å². The molecule has 0 amide bonds. The van der Waals surface area contributed by atoms with Crippen molar-refractivity contribution in [3.05, 3.63) is 24.2 Å². The summed E-state index contributed by atoms with van der Waals surface area (Å²) in [6.07, 6.45) is 0.326. The third kappa shape index (κ3) is 2.65. The van der Waals surface area contributed by atoms with Crippen LogP contribution in [0, 0.1) is 11.8 Å². The molecule has 1 N–H and O–H groups in total. The SMILES string of the molecule is COC(=O)C#C[C@H](O)c1ccco1. The third-order valence-electron chi connectivity index (χ3n) is 1.31. The van der Waals surface area contributed by atoms with Gasteiger partial charge in [-0.25, -0.2) is 4.79 Å². The Morgan fingerprint density at radius 1 is 1.77 bits per heavy atom. The number of aliphatic hydroxyl groups excluding tert-OH is 1. The normalized spacial score (nSPS) is 11.2. The average Bonchev–Trinajstić information content (AvgIpc) is 2.66. The van der Waals surface area contributed by atoms with E-state index in [0.717, 1.165) is 0 Å². The van der Waals surface area contributed by atoms with Crippen LogP contribution in [-0.4, -0.2) is 18.2 Å². The van der Waals surface area contributed by atoms with E-state index >= 15 is 0 Å². The summed E-state index contributed by atoms with van der Waals surface area (Å²) >= 11 is 0. The van der Waals surface area contributed by atoms with E-state index in [0.29, 0.717) is 5.76 Å². The van der Waals surface area contributed by atoms with Crippen LogP contribution in [0.5, 0.6) is 0 Å². The van der Waals surface area contributed by atoms with Crippen LogP contribution < -0.4 is 0 Å². The standard InChI is InChI=1S/C9H8O4/c1-12-9(11)5-4-7(10)8-3-2-6-13-8/h2-3,6-7,10H,1H3/t7-/m0/s1. The van der Waals surface area contributed by atoms with Gasteiger partial charge in [0.05, 0.1) is 13.4 Å². The summed E-state index contributed by atoms with van der Waals surface area (Å²) in [5.74, 6) is 3.99. The van der Waals surface area contributed by atoms with Crippen molar-refractivity contribution in [3.8, 4) is 11.8 Å². The maximum absolute atomic E-state index is 10.5.